The molecule has 10 rings (SSSR count). The Kier molecular flexibility index (Phi) is 6.18. The molecule has 0 N–H and O–H groups in total. The van der Waals surface area contributed by atoms with Gasteiger partial charge in [0.1, 0.15) is 0 Å². The second-order valence-electron chi connectivity index (χ2n) is 12.6. The van der Waals surface area contributed by atoms with Crippen LogP contribution in [0.3, 0.4) is 0 Å². The third-order valence-corrected chi connectivity index (χ3v) is 9.96. The number of fused-ring (bicyclic) bond motifs is 6. The van der Waals surface area contributed by atoms with Crippen molar-refractivity contribution in [3.63, 3.8) is 0 Å². The van der Waals surface area contributed by atoms with Crippen LogP contribution < -0.4 is 0 Å². The number of rotatable bonds is 4. The van der Waals surface area contributed by atoms with Gasteiger partial charge in [-0.2, -0.15) is 0 Å². The molecular formula is C46H29N3. The predicted octanol–water partition coefficient (Wildman–Crippen LogP) is 12.0. The molecule has 0 radical (unpaired) electrons. The Morgan fingerprint density at radius 3 is 1.63 bits per heavy atom. The average Bonchev–Trinajstić information content (AvgIpc) is 3.51. The van der Waals surface area contributed by atoms with Crippen LogP contribution >= 0.6 is 0 Å². The summed E-state index contributed by atoms with van der Waals surface area (Å²) in [5.41, 5.74) is 10.7. The molecular weight excluding hydrogens is 595 g/mol. The van der Waals surface area contributed by atoms with E-state index < -0.39 is 0 Å². The molecule has 0 spiro atoms. The predicted molar refractivity (Wildman–Crippen MR) is 205 cm³/mol. The van der Waals surface area contributed by atoms with Crippen molar-refractivity contribution in [3.8, 4) is 39.1 Å². The van der Waals surface area contributed by atoms with Gasteiger partial charge in [0.15, 0.2) is 0 Å². The van der Waals surface area contributed by atoms with E-state index in [1.54, 1.807) is 0 Å². The summed E-state index contributed by atoms with van der Waals surface area (Å²) in [6.07, 6.45) is 7.55. The maximum Gasteiger partial charge on any atom is 0.0571 e. The molecule has 10 aromatic rings. The van der Waals surface area contributed by atoms with Gasteiger partial charge in [-0.25, -0.2) is 0 Å². The Balaban J connectivity index is 1.16. The number of benzene rings is 7. The molecule has 49 heavy (non-hydrogen) atoms. The van der Waals surface area contributed by atoms with Crippen LogP contribution in [0.1, 0.15) is 0 Å². The number of nitrogens with zero attached hydrogens (tertiary/aromatic N) is 3. The van der Waals surface area contributed by atoms with E-state index in [0.717, 1.165) is 27.7 Å². The van der Waals surface area contributed by atoms with Crippen molar-refractivity contribution in [2.24, 2.45) is 0 Å². The molecule has 3 heterocycles. The lowest BCUT2D eigenvalue weighted by Gasteiger charge is -2.18. The second kappa shape index (κ2) is 11.0. The standard InChI is InChI=1S/C46H29N3/c1-2-8-33-27-35(14-13-30(33)7-1)46-39-11-5-3-9-37(39)45(38-10-4-6-12-40(38)46)32-15-18-36(19-16-32)49-43-20-17-34(31-21-24-47-25-22-31)28-41(43)42-29-48-26-23-44(42)49/h1-29H. The summed E-state index contributed by atoms with van der Waals surface area (Å²) in [5, 5.41) is 9.85. The van der Waals surface area contributed by atoms with Crippen LogP contribution in [-0.4, -0.2) is 14.5 Å². The molecule has 0 atom stereocenters. The normalized spacial score (nSPS) is 11.7. The minimum absolute atomic E-state index is 1.12. The van der Waals surface area contributed by atoms with Crippen LogP contribution in [0.15, 0.2) is 176 Å². The quantitative estimate of drug-likeness (QED) is 0.183. The van der Waals surface area contributed by atoms with E-state index in [1.165, 1.54) is 65.5 Å². The molecule has 0 bridgehead atoms. The van der Waals surface area contributed by atoms with E-state index >= 15 is 0 Å². The molecule has 0 fully saturated rings. The maximum atomic E-state index is 4.50. The molecule has 0 aliphatic rings. The highest BCUT2D eigenvalue weighted by Gasteiger charge is 2.18. The van der Waals surface area contributed by atoms with Crippen LogP contribution in [-0.2, 0) is 0 Å². The zero-order valence-electron chi connectivity index (χ0n) is 26.6. The van der Waals surface area contributed by atoms with Crippen molar-refractivity contribution >= 4 is 54.1 Å². The van der Waals surface area contributed by atoms with E-state index in [0.29, 0.717) is 0 Å². The van der Waals surface area contributed by atoms with Gasteiger partial charge in [0.25, 0.3) is 0 Å². The van der Waals surface area contributed by atoms with Crippen LogP contribution in [0.5, 0.6) is 0 Å². The molecule has 0 aliphatic carbocycles. The third-order valence-electron chi connectivity index (χ3n) is 9.96. The molecule has 3 nitrogen and oxygen atoms in total. The average molecular weight is 624 g/mol. The Morgan fingerprint density at radius 2 is 0.918 bits per heavy atom. The highest BCUT2D eigenvalue weighted by Crippen LogP contribution is 2.44. The molecule has 3 aromatic heterocycles. The summed E-state index contributed by atoms with van der Waals surface area (Å²) in [4.78, 5) is 8.71. The van der Waals surface area contributed by atoms with E-state index in [9.17, 15) is 0 Å². The summed E-state index contributed by atoms with van der Waals surface area (Å²) >= 11 is 0. The summed E-state index contributed by atoms with van der Waals surface area (Å²) in [6, 6.07) is 55.2. The molecule has 228 valence electrons. The SMILES string of the molecule is c1ccc2cc(-c3c4ccccc4c(-c4ccc(-n5c6ccncc6c6cc(-c7ccncc7)ccc65)cc4)c4ccccc34)ccc2c1. The van der Waals surface area contributed by atoms with E-state index in [1.807, 2.05) is 24.8 Å². The first-order valence-corrected chi connectivity index (χ1v) is 16.6. The molecule has 0 saturated heterocycles. The molecule has 7 aromatic carbocycles. The van der Waals surface area contributed by atoms with Gasteiger partial charge in [-0.05, 0) is 114 Å². The fraction of sp³-hybridized carbons (Fsp3) is 0. The van der Waals surface area contributed by atoms with Crippen LogP contribution in [0.25, 0.3) is 93.2 Å². The minimum atomic E-state index is 1.12. The Labute approximate surface area is 283 Å². The molecule has 0 saturated carbocycles. The van der Waals surface area contributed by atoms with Gasteiger partial charge in [0, 0.05) is 41.2 Å². The summed E-state index contributed by atoms with van der Waals surface area (Å²) in [6.45, 7) is 0. The Bertz CT molecular complexity index is 2810. The fourth-order valence-electron chi connectivity index (χ4n) is 7.74. The monoisotopic (exact) mass is 623 g/mol. The van der Waals surface area contributed by atoms with Crippen molar-refractivity contribution < 1.29 is 0 Å². The zero-order chi connectivity index (χ0) is 32.3. The first-order chi connectivity index (χ1) is 24.3. The largest absolute Gasteiger partial charge is 0.309 e. The number of aromatic nitrogens is 3. The maximum absolute atomic E-state index is 4.50. The summed E-state index contributed by atoms with van der Waals surface area (Å²) < 4.78 is 2.35. The number of hydrogen-bond acceptors (Lipinski definition) is 2. The van der Waals surface area contributed by atoms with Gasteiger partial charge >= 0.3 is 0 Å². The van der Waals surface area contributed by atoms with Crippen molar-refractivity contribution in [1.82, 2.24) is 14.5 Å². The second-order valence-corrected chi connectivity index (χ2v) is 12.6. The van der Waals surface area contributed by atoms with Crippen molar-refractivity contribution in [2.75, 3.05) is 0 Å². The summed E-state index contributed by atoms with van der Waals surface area (Å²) in [7, 11) is 0. The first-order valence-electron chi connectivity index (χ1n) is 16.6. The van der Waals surface area contributed by atoms with Crippen molar-refractivity contribution in [3.05, 3.63) is 176 Å². The van der Waals surface area contributed by atoms with Gasteiger partial charge in [0.2, 0.25) is 0 Å². The van der Waals surface area contributed by atoms with Gasteiger partial charge < -0.3 is 4.57 Å². The Hall–Kier alpha value is -6.58. The topological polar surface area (TPSA) is 30.7 Å². The van der Waals surface area contributed by atoms with Gasteiger partial charge in [-0.3, -0.25) is 9.97 Å². The highest BCUT2D eigenvalue weighted by atomic mass is 15.0. The van der Waals surface area contributed by atoms with E-state index in [-0.39, 0.29) is 0 Å². The lowest BCUT2D eigenvalue weighted by Crippen LogP contribution is -1.95. The number of pyridine rings is 2. The van der Waals surface area contributed by atoms with Crippen LogP contribution in [0.4, 0.5) is 0 Å². The summed E-state index contributed by atoms with van der Waals surface area (Å²) in [5.74, 6) is 0. The van der Waals surface area contributed by atoms with Gasteiger partial charge in [-0.1, -0.05) is 103 Å². The molecule has 0 unspecified atom stereocenters. The van der Waals surface area contributed by atoms with Crippen LogP contribution in [0, 0.1) is 0 Å². The minimum Gasteiger partial charge on any atom is -0.309 e. The lowest BCUT2D eigenvalue weighted by atomic mass is 9.85. The fourth-order valence-corrected chi connectivity index (χ4v) is 7.74. The first kappa shape index (κ1) is 27.5. The molecule has 3 heteroatoms. The van der Waals surface area contributed by atoms with Gasteiger partial charge in [-0.15, -0.1) is 0 Å². The third kappa shape index (κ3) is 4.37. The van der Waals surface area contributed by atoms with Crippen molar-refractivity contribution in [2.45, 2.75) is 0 Å². The van der Waals surface area contributed by atoms with Gasteiger partial charge in [0.05, 0.1) is 11.0 Å². The number of hydrogen-bond donors (Lipinski definition) is 0. The highest BCUT2D eigenvalue weighted by molar-refractivity contribution is 6.21. The molecule has 0 amide bonds. The Morgan fingerprint density at radius 1 is 0.347 bits per heavy atom. The molecule has 0 aliphatic heterocycles. The smallest absolute Gasteiger partial charge is 0.0571 e. The van der Waals surface area contributed by atoms with E-state index in [4.69, 9.17) is 0 Å². The zero-order valence-corrected chi connectivity index (χ0v) is 26.6. The van der Waals surface area contributed by atoms with E-state index in [2.05, 4.69) is 166 Å². The van der Waals surface area contributed by atoms with Crippen LogP contribution in [0.2, 0.25) is 0 Å². The lowest BCUT2D eigenvalue weighted by molar-refractivity contribution is 1.17. The van der Waals surface area contributed by atoms with Crippen molar-refractivity contribution in [1.29, 1.82) is 0 Å².